The summed E-state index contributed by atoms with van der Waals surface area (Å²) in [6.07, 6.45) is 1.69. The van der Waals surface area contributed by atoms with Crippen molar-refractivity contribution in [2.45, 2.75) is 19.3 Å². The number of aryl methyl sites for hydroxylation is 1. The molecule has 0 spiro atoms. The predicted octanol–water partition coefficient (Wildman–Crippen LogP) is 2.02. The molecule has 1 unspecified atom stereocenters. The van der Waals surface area contributed by atoms with Crippen LogP contribution in [-0.4, -0.2) is 18.2 Å². The quantitative estimate of drug-likeness (QED) is 0.836. The van der Waals surface area contributed by atoms with E-state index in [-0.39, 0.29) is 11.7 Å². The van der Waals surface area contributed by atoms with Gasteiger partial charge in [-0.25, -0.2) is 4.39 Å². The molecule has 1 aliphatic rings. The lowest BCUT2D eigenvalue weighted by Crippen LogP contribution is -2.22. The Balaban J connectivity index is 2.33. The summed E-state index contributed by atoms with van der Waals surface area (Å²) in [5.41, 5.74) is 1.78. The van der Waals surface area contributed by atoms with Gasteiger partial charge < -0.3 is 9.84 Å². The molecule has 0 saturated carbocycles. The highest BCUT2D eigenvalue weighted by Crippen LogP contribution is 2.30. The molecule has 0 heterocycles. The van der Waals surface area contributed by atoms with Gasteiger partial charge in [0.1, 0.15) is 0 Å². The summed E-state index contributed by atoms with van der Waals surface area (Å²) in [6.45, 7) is 0. The molecule has 1 aromatic rings. The van der Waals surface area contributed by atoms with Crippen LogP contribution in [0.4, 0.5) is 4.39 Å². The number of halogens is 1. The fourth-order valence-electron chi connectivity index (χ4n) is 2.12. The molecular formula is C12H13FO3. The van der Waals surface area contributed by atoms with E-state index in [4.69, 9.17) is 9.84 Å². The molecule has 4 heteroatoms. The number of aliphatic carboxylic acids is 1. The molecule has 1 atom stereocenters. The Kier molecular flexibility index (Phi) is 2.81. The normalized spacial score (nSPS) is 19.0. The third-order valence-electron chi connectivity index (χ3n) is 3.05. The lowest BCUT2D eigenvalue weighted by Gasteiger charge is -2.22. The molecule has 3 nitrogen and oxygen atoms in total. The van der Waals surface area contributed by atoms with Crippen LogP contribution in [0.25, 0.3) is 0 Å². The second kappa shape index (κ2) is 4.12. The topological polar surface area (TPSA) is 46.5 Å². The van der Waals surface area contributed by atoms with Crippen molar-refractivity contribution in [3.63, 3.8) is 0 Å². The van der Waals surface area contributed by atoms with Gasteiger partial charge in [0.25, 0.3) is 0 Å². The predicted molar refractivity (Wildman–Crippen MR) is 56.1 cm³/mol. The number of carbonyl (C=O) groups is 1. The molecule has 1 aromatic carbocycles. The number of rotatable bonds is 2. The van der Waals surface area contributed by atoms with Crippen LogP contribution >= 0.6 is 0 Å². The Bertz CT molecular complexity index is 429. The van der Waals surface area contributed by atoms with Gasteiger partial charge in [0.2, 0.25) is 0 Å². The van der Waals surface area contributed by atoms with Crippen LogP contribution in [0.2, 0.25) is 0 Å². The highest BCUT2D eigenvalue weighted by atomic mass is 19.1. The van der Waals surface area contributed by atoms with Crippen LogP contribution < -0.4 is 4.74 Å². The van der Waals surface area contributed by atoms with Crippen LogP contribution in [-0.2, 0) is 17.6 Å². The van der Waals surface area contributed by atoms with E-state index in [1.54, 1.807) is 6.07 Å². The first-order chi connectivity index (χ1) is 7.61. The van der Waals surface area contributed by atoms with Gasteiger partial charge in [-0.05, 0) is 42.5 Å². The van der Waals surface area contributed by atoms with E-state index < -0.39 is 11.8 Å². The van der Waals surface area contributed by atoms with Crippen LogP contribution in [0.15, 0.2) is 12.1 Å². The molecule has 0 fully saturated rings. The maximum atomic E-state index is 13.4. The third kappa shape index (κ3) is 1.87. The largest absolute Gasteiger partial charge is 0.494 e. The Morgan fingerprint density at radius 1 is 1.50 bits per heavy atom. The van der Waals surface area contributed by atoms with E-state index >= 15 is 0 Å². The summed E-state index contributed by atoms with van der Waals surface area (Å²) in [4.78, 5) is 10.9. The molecule has 1 N–H and O–H groups in total. The van der Waals surface area contributed by atoms with Crippen molar-refractivity contribution >= 4 is 5.97 Å². The molecule has 16 heavy (non-hydrogen) atoms. The third-order valence-corrected chi connectivity index (χ3v) is 3.05. The average Bonchev–Trinajstić information content (AvgIpc) is 2.27. The van der Waals surface area contributed by atoms with Crippen molar-refractivity contribution < 1.29 is 19.0 Å². The van der Waals surface area contributed by atoms with Crippen molar-refractivity contribution in [3.05, 3.63) is 29.1 Å². The number of ether oxygens (including phenoxy) is 1. The summed E-state index contributed by atoms with van der Waals surface area (Å²) in [5, 5.41) is 8.92. The van der Waals surface area contributed by atoms with E-state index in [0.29, 0.717) is 19.3 Å². The molecule has 0 bridgehead atoms. The lowest BCUT2D eigenvalue weighted by molar-refractivity contribution is -0.142. The van der Waals surface area contributed by atoms with Crippen molar-refractivity contribution in [2.24, 2.45) is 5.92 Å². The summed E-state index contributed by atoms with van der Waals surface area (Å²) >= 11 is 0. The number of benzene rings is 1. The molecule has 0 radical (unpaired) electrons. The Morgan fingerprint density at radius 3 is 2.88 bits per heavy atom. The van der Waals surface area contributed by atoms with Gasteiger partial charge in [-0.2, -0.15) is 0 Å². The van der Waals surface area contributed by atoms with Gasteiger partial charge in [0, 0.05) is 0 Å². The summed E-state index contributed by atoms with van der Waals surface area (Å²) in [7, 11) is 1.42. The minimum absolute atomic E-state index is 0.229. The molecule has 1 aliphatic carbocycles. The molecule has 0 saturated heterocycles. The van der Waals surface area contributed by atoms with Crippen molar-refractivity contribution in [2.75, 3.05) is 7.11 Å². The second-order valence-electron chi connectivity index (χ2n) is 4.03. The maximum absolute atomic E-state index is 13.4. The minimum Gasteiger partial charge on any atom is -0.494 e. The van der Waals surface area contributed by atoms with Crippen LogP contribution in [0, 0.1) is 11.7 Å². The van der Waals surface area contributed by atoms with Gasteiger partial charge in [0.05, 0.1) is 13.0 Å². The van der Waals surface area contributed by atoms with Gasteiger partial charge in [-0.3, -0.25) is 4.79 Å². The zero-order chi connectivity index (χ0) is 11.7. The van der Waals surface area contributed by atoms with Gasteiger partial charge in [-0.1, -0.05) is 0 Å². The van der Waals surface area contributed by atoms with Gasteiger partial charge >= 0.3 is 5.97 Å². The van der Waals surface area contributed by atoms with Gasteiger partial charge in [0.15, 0.2) is 11.6 Å². The summed E-state index contributed by atoms with van der Waals surface area (Å²) in [6, 6.07) is 3.06. The maximum Gasteiger partial charge on any atom is 0.306 e. The van der Waals surface area contributed by atoms with Crippen molar-refractivity contribution in [3.8, 4) is 5.75 Å². The second-order valence-corrected chi connectivity index (χ2v) is 4.03. The number of methoxy groups -OCH3 is 1. The van der Waals surface area contributed by atoms with E-state index in [0.717, 1.165) is 11.1 Å². The molecule has 2 rings (SSSR count). The SMILES string of the molecule is COc1cc2c(cc1F)CC(C(=O)O)CC2. The zero-order valence-electron chi connectivity index (χ0n) is 9.00. The van der Waals surface area contributed by atoms with Crippen LogP contribution in [0.1, 0.15) is 17.5 Å². The first-order valence-electron chi connectivity index (χ1n) is 5.20. The monoisotopic (exact) mass is 224 g/mol. The van der Waals surface area contributed by atoms with Crippen LogP contribution in [0.3, 0.4) is 0 Å². The highest BCUT2D eigenvalue weighted by Gasteiger charge is 2.25. The number of carboxylic acid groups (broad SMARTS) is 1. The first kappa shape index (κ1) is 10.9. The molecule has 0 amide bonds. The minimum atomic E-state index is -0.804. The standard InChI is InChI=1S/C12H13FO3/c1-16-11-6-7-2-3-8(12(14)15)4-9(7)5-10(11)13/h5-6,8H,2-4H2,1H3,(H,14,15). The van der Waals surface area contributed by atoms with E-state index in [2.05, 4.69) is 0 Å². The average molecular weight is 224 g/mol. The fraction of sp³-hybridized carbons (Fsp3) is 0.417. The smallest absolute Gasteiger partial charge is 0.306 e. The number of hydrogen-bond acceptors (Lipinski definition) is 2. The van der Waals surface area contributed by atoms with Crippen LogP contribution in [0.5, 0.6) is 5.75 Å². The first-order valence-corrected chi connectivity index (χ1v) is 5.20. The molecule has 0 aliphatic heterocycles. The van der Waals surface area contributed by atoms with E-state index in [9.17, 15) is 9.18 Å². The Labute approximate surface area is 92.9 Å². The summed E-state index contributed by atoms with van der Waals surface area (Å²) < 4.78 is 18.3. The fourth-order valence-corrected chi connectivity index (χ4v) is 2.12. The van der Waals surface area contributed by atoms with Gasteiger partial charge in [-0.15, -0.1) is 0 Å². The van der Waals surface area contributed by atoms with E-state index in [1.165, 1.54) is 13.2 Å². The Morgan fingerprint density at radius 2 is 2.25 bits per heavy atom. The van der Waals surface area contributed by atoms with Crippen molar-refractivity contribution in [1.29, 1.82) is 0 Å². The Hall–Kier alpha value is -1.58. The molecule has 0 aromatic heterocycles. The number of fused-ring (bicyclic) bond motifs is 1. The van der Waals surface area contributed by atoms with Crippen molar-refractivity contribution in [1.82, 2.24) is 0 Å². The lowest BCUT2D eigenvalue weighted by atomic mass is 9.84. The highest BCUT2D eigenvalue weighted by molar-refractivity contribution is 5.71. The zero-order valence-corrected chi connectivity index (χ0v) is 9.00. The number of carboxylic acids is 1. The molecular weight excluding hydrogens is 211 g/mol. The number of hydrogen-bond donors (Lipinski definition) is 1. The molecule has 86 valence electrons. The summed E-state index contributed by atoms with van der Waals surface area (Å²) in [5.74, 6) is -1.39. The van der Waals surface area contributed by atoms with E-state index in [1.807, 2.05) is 0 Å².